The van der Waals surface area contributed by atoms with Crippen LogP contribution in [0.2, 0.25) is 0 Å². The zero-order valence-corrected chi connectivity index (χ0v) is 12.7. The maximum Gasteiger partial charge on any atom is 0.240 e. The van der Waals surface area contributed by atoms with Gasteiger partial charge in [0.1, 0.15) is 0 Å². The van der Waals surface area contributed by atoms with E-state index < -0.39 is 10.0 Å². The Morgan fingerprint density at radius 1 is 1.20 bits per heavy atom. The highest BCUT2D eigenvalue weighted by molar-refractivity contribution is 7.89. The van der Waals surface area contributed by atoms with Crippen molar-refractivity contribution in [3.05, 3.63) is 29.8 Å². The topological polar surface area (TPSA) is 72.2 Å². The van der Waals surface area contributed by atoms with Crippen LogP contribution in [-0.4, -0.2) is 21.0 Å². The molecule has 0 heterocycles. The van der Waals surface area contributed by atoms with E-state index in [0.29, 0.717) is 11.4 Å². The Morgan fingerprint density at radius 2 is 1.95 bits per heavy atom. The first-order chi connectivity index (χ1) is 9.62. The molecular formula is C15H24N2O2S. The third-order valence-electron chi connectivity index (χ3n) is 3.81. The molecule has 0 aromatic heterocycles. The largest absolute Gasteiger partial charge is 0.330 e. The number of benzene rings is 1. The summed E-state index contributed by atoms with van der Waals surface area (Å²) in [6.45, 7) is 0.622. The monoisotopic (exact) mass is 296 g/mol. The molecule has 112 valence electrons. The van der Waals surface area contributed by atoms with Crippen LogP contribution in [0.5, 0.6) is 0 Å². The van der Waals surface area contributed by atoms with E-state index in [1.54, 1.807) is 18.2 Å². The van der Waals surface area contributed by atoms with E-state index in [4.69, 9.17) is 5.73 Å². The van der Waals surface area contributed by atoms with Gasteiger partial charge in [0.15, 0.2) is 0 Å². The first kappa shape index (κ1) is 15.5. The molecule has 2 rings (SSSR count). The van der Waals surface area contributed by atoms with Gasteiger partial charge in [0.2, 0.25) is 10.0 Å². The number of rotatable bonds is 6. The van der Waals surface area contributed by atoms with Gasteiger partial charge in [-0.25, -0.2) is 13.1 Å². The number of aryl methyl sites for hydroxylation is 1. The molecule has 20 heavy (non-hydrogen) atoms. The molecule has 0 radical (unpaired) electrons. The second kappa shape index (κ2) is 7.20. The SMILES string of the molecule is NCCCc1cccc(S(=O)(=O)NC2CCCCC2)c1. The zero-order valence-electron chi connectivity index (χ0n) is 11.8. The smallest absolute Gasteiger partial charge is 0.240 e. The summed E-state index contributed by atoms with van der Waals surface area (Å²) in [7, 11) is -3.39. The van der Waals surface area contributed by atoms with Gasteiger partial charge >= 0.3 is 0 Å². The Kier molecular flexibility index (Phi) is 5.57. The Labute approximate surface area is 121 Å². The molecule has 5 heteroatoms. The molecule has 0 unspecified atom stereocenters. The van der Waals surface area contributed by atoms with Gasteiger partial charge in [-0.15, -0.1) is 0 Å². The van der Waals surface area contributed by atoms with Gasteiger partial charge in [-0.2, -0.15) is 0 Å². The van der Waals surface area contributed by atoms with Crippen molar-refractivity contribution in [2.45, 2.75) is 55.9 Å². The number of hydrogen-bond donors (Lipinski definition) is 2. The van der Waals surface area contributed by atoms with Crippen molar-refractivity contribution in [2.75, 3.05) is 6.54 Å². The fraction of sp³-hybridized carbons (Fsp3) is 0.600. The maximum absolute atomic E-state index is 12.4. The minimum atomic E-state index is -3.39. The highest BCUT2D eigenvalue weighted by Gasteiger charge is 2.21. The predicted octanol–water partition coefficient (Wildman–Crippen LogP) is 2.19. The molecule has 1 aliphatic rings. The number of hydrogen-bond acceptors (Lipinski definition) is 3. The van der Waals surface area contributed by atoms with Gasteiger partial charge < -0.3 is 5.73 Å². The molecule has 3 N–H and O–H groups in total. The highest BCUT2D eigenvalue weighted by atomic mass is 32.2. The normalized spacial score (nSPS) is 17.2. The minimum absolute atomic E-state index is 0.0986. The van der Waals surface area contributed by atoms with E-state index in [-0.39, 0.29) is 6.04 Å². The summed E-state index contributed by atoms with van der Waals surface area (Å²) in [6.07, 6.45) is 7.04. The van der Waals surface area contributed by atoms with Gasteiger partial charge in [-0.05, 0) is 49.9 Å². The molecule has 1 fully saturated rings. The highest BCUT2D eigenvalue weighted by Crippen LogP contribution is 2.20. The molecule has 0 spiro atoms. The van der Waals surface area contributed by atoms with E-state index >= 15 is 0 Å². The fourth-order valence-electron chi connectivity index (χ4n) is 2.68. The lowest BCUT2D eigenvalue weighted by atomic mass is 9.96. The second-order valence-electron chi connectivity index (χ2n) is 5.50. The van der Waals surface area contributed by atoms with Crippen LogP contribution in [0, 0.1) is 0 Å². The Balaban J connectivity index is 2.07. The molecule has 1 saturated carbocycles. The molecule has 4 nitrogen and oxygen atoms in total. The van der Waals surface area contributed by atoms with Crippen molar-refractivity contribution in [1.82, 2.24) is 4.72 Å². The quantitative estimate of drug-likeness (QED) is 0.845. The van der Waals surface area contributed by atoms with Crippen molar-refractivity contribution >= 4 is 10.0 Å². The predicted molar refractivity (Wildman–Crippen MR) is 81.0 cm³/mol. The van der Waals surface area contributed by atoms with E-state index in [0.717, 1.165) is 44.1 Å². The van der Waals surface area contributed by atoms with E-state index in [1.165, 1.54) is 6.42 Å². The number of sulfonamides is 1. The first-order valence-corrected chi connectivity index (χ1v) is 8.91. The molecule has 0 saturated heterocycles. The summed E-state index contributed by atoms with van der Waals surface area (Å²) in [5.74, 6) is 0. The molecule has 0 atom stereocenters. The van der Waals surface area contributed by atoms with E-state index in [9.17, 15) is 8.42 Å². The zero-order chi connectivity index (χ0) is 14.4. The summed E-state index contributed by atoms with van der Waals surface area (Å²) in [5.41, 5.74) is 6.52. The molecule has 0 amide bonds. The van der Waals surface area contributed by atoms with Crippen LogP contribution >= 0.6 is 0 Å². The van der Waals surface area contributed by atoms with Crippen LogP contribution in [0.3, 0.4) is 0 Å². The van der Waals surface area contributed by atoms with Gasteiger partial charge in [0, 0.05) is 6.04 Å². The molecule has 1 aliphatic carbocycles. The fourth-order valence-corrected chi connectivity index (χ4v) is 4.06. The summed E-state index contributed by atoms with van der Waals surface area (Å²) >= 11 is 0. The summed E-state index contributed by atoms with van der Waals surface area (Å²) in [4.78, 5) is 0.373. The van der Waals surface area contributed by atoms with Gasteiger partial charge in [-0.1, -0.05) is 31.4 Å². The van der Waals surface area contributed by atoms with Crippen molar-refractivity contribution in [3.63, 3.8) is 0 Å². The van der Waals surface area contributed by atoms with Crippen molar-refractivity contribution in [3.8, 4) is 0 Å². The molecule has 1 aromatic carbocycles. The third-order valence-corrected chi connectivity index (χ3v) is 5.32. The lowest BCUT2D eigenvalue weighted by Crippen LogP contribution is -2.36. The van der Waals surface area contributed by atoms with E-state index in [1.807, 2.05) is 6.07 Å². The molecule has 0 aliphatic heterocycles. The average molecular weight is 296 g/mol. The molecular weight excluding hydrogens is 272 g/mol. The van der Waals surface area contributed by atoms with E-state index in [2.05, 4.69) is 4.72 Å². The summed E-state index contributed by atoms with van der Waals surface area (Å²) < 4.78 is 27.6. The lowest BCUT2D eigenvalue weighted by molar-refractivity contribution is 0.412. The lowest BCUT2D eigenvalue weighted by Gasteiger charge is -2.22. The van der Waals surface area contributed by atoms with Crippen LogP contribution in [0.15, 0.2) is 29.2 Å². The van der Waals surface area contributed by atoms with Gasteiger partial charge in [0.25, 0.3) is 0 Å². The molecule has 1 aromatic rings. The molecule has 0 bridgehead atoms. The minimum Gasteiger partial charge on any atom is -0.330 e. The Hall–Kier alpha value is -0.910. The van der Waals surface area contributed by atoms with Crippen molar-refractivity contribution in [1.29, 1.82) is 0 Å². The van der Waals surface area contributed by atoms with Crippen molar-refractivity contribution in [2.24, 2.45) is 5.73 Å². The average Bonchev–Trinajstić information content (AvgIpc) is 2.46. The van der Waals surface area contributed by atoms with Crippen LogP contribution in [0.4, 0.5) is 0 Å². The number of nitrogens with one attached hydrogen (secondary N) is 1. The second-order valence-corrected chi connectivity index (χ2v) is 7.21. The maximum atomic E-state index is 12.4. The van der Waals surface area contributed by atoms with Gasteiger partial charge in [0.05, 0.1) is 4.90 Å². The van der Waals surface area contributed by atoms with Crippen LogP contribution < -0.4 is 10.5 Å². The Morgan fingerprint density at radius 3 is 2.65 bits per heavy atom. The van der Waals surface area contributed by atoms with Crippen LogP contribution in [-0.2, 0) is 16.4 Å². The van der Waals surface area contributed by atoms with Gasteiger partial charge in [-0.3, -0.25) is 0 Å². The van der Waals surface area contributed by atoms with Crippen molar-refractivity contribution < 1.29 is 8.42 Å². The summed E-state index contributed by atoms with van der Waals surface area (Å²) in [6, 6.07) is 7.29. The first-order valence-electron chi connectivity index (χ1n) is 7.43. The standard InChI is InChI=1S/C15H24N2O2S/c16-11-5-7-13-6-4-10-15(12-13)20(18,19)17-14-8-2-1-3-9-14/h4,6,10,12,14,17H,1-3,5,7-9,11,16H2. The van der Waals surface area contributed by atoms with Crippen LogP contribution in [0.25, 0.3) is 0 Å². The third kappa shape index (κ3) is 4.30. The van der Waals surface area contributed by atoms with Crippen LogP contribution in [0.1, 0.15) is 44.1 Å². The summed E-state index contributed by atoms with van der Waals surface area (Å²) in [5, 5.41) is 0. The number of nitrogens with two attached hydrogens (primary N) is 1. The Bertz CT molecular complexity index is 522.